The number of nitrogens with two attached hydrogens (primary N) is 1. The molecule has 4 aliphatic rings. The summed E-state index contributed by atoms with van der Waals surface area (Å²) in [5.74, 6) is -0.285. The van der Waals surface area contributed by atoms with Crippen LogP contribution in [0.25, 0.3) is 0 Å². The van der Waals surface area contributed by atoms with Gasteiger partial charge in [0.1, 0.15) is 16.6 Å². The zero-order valence-electron chi connectivity index (χ0n) is 33.8. The molecule has 0 aliphatic carbocycles. The highest BCUT2D eigenvalue weighted by molar-refractivity contribution is 7.88. The largest absolute Gasteiger partial charge is 1.00 e. The quantitative estimate of drug-likeness (QED) is 0.137. The van der Waals surface area contributed by atoms with Crippen molar-refractivity contribution in [3.63, 3.8) is 0 Å². The second kappa shape index (κ2) is 18.8. The molecule has 2 amide bonds. The Labute approximate surface area is 323 Å². The maximum absolute atomic E-state index is 11.6. The highest BCUT2D eigenvalue weighted by Gasteiger charge is 2.49. The van der Waals surface area contributed by atoms with E-state index in [0.717, 1.165) is 25.6 Å². The Hall–Kier alpha value is -2.00. The minimum absolute atomic E-state index is 0. The summed E-state index contributed by atoms with van der Waals surface area (Å²) >= 11 is 0. The van der Waals surface area contributed by atoms with E-state index in [1.807, 2.05) is 48.5 Å². The highest BCUT2D eigenvalue weighted by Crippen LogP contribution is 2.33. The average Bonchev–Trinajstić information content (AvgIpc) is 2.91. The molecule has 0 aromatic heterocycles. The van der Waals surface area contributed by atoms with E-state index in [1.165, 1.54) is 16.3 Å². The topological polar surface area (TPSA) is 223 Å². The minimum atomic E-state index is -3.45. The first-order valence-electron chi connectivity index (χ1n) is 17.1. The summed E-state index contributed by atoms with van der Waals surface area (Å²) in [4.78, 5) is 37.5. The molecular formula is C33H65ClN4O13S2. The Bertz CT molecular complexity index is 1430. The number of esters is 1. The number of rotatable bonds is 7. The van der Waals surface area contributed by atoms with Crippen molar-refractivity contribution in [1.29, 1.82) is 0 Å². The summed E-state index contributed by atoms with van der Waals surface area (Å²) in [5, 5.41) is 19.8. The molecule has 0 spiro atoms. The number of carbonyl (C=O) groups excluding carboxylic acids is 3. The number of hydrogen-bond acceptors (Lipinski definition) is 13. The Balaban J connectivity index is 0.000000696. The van der Waals surface area contributed by atoms with Crippen molar-refractivity contribution in [3.8, 4) is 0 Å². The van der Waals surface area contributed by atoms with E-state index in [-0.39, 0.29) is 54.6 Å². The van der Waals surface area contributed by atoms with Crippen LogP contribution in [0, 0.1) is 21.7 Å². The molecule has 4 rings (SSSR count). The van der Waals surface area contributed by atoms with Crippen molar-refractivity contribution in [1.82, 2.24) is 14.1 Å². The van der Waals surface area contributed by atoms with Gasteiger partial charge in [-0.2, -0.15) is 8.42 Å². The van der Waals surface area contributed by atoms with Gasteiger partial charge in [-0.1, -0.05) is 13.8 Å². The first-order valence-corrected chi connectivity index (χ1v) is 20.8. The zero-order valence-corrected chi connectivity index (χ0v) is 36.2. The normalized spacial score (nSPS) is 20.8. The first kappa shape index (κ1) is 51.0. The van der Waals surface area contributed by atoms with Crippen LogP contribution in [-0.2, 0) is 43.3 Å². The van der Waals surface area contributed by atoms with Crippen molar-refractivity contribution >= 4 is 38.3 Å². The molecule has 0 radical (unpaired) electrons. The number of sulfonamides is 1. The molecule has 20 heteroatoms. The molecule has 0 aromatic rings. The van der Waals surface area contributed by atoms with Crippen molar-refractivity contribution in [3.05, 3.63) is 0 Å². The van der Waals surface area contributed by atoms with Gasteiger partial charge in [0.2, 0.25) is 10.0 Å². The number of quaternary nitrogens is 1. The van der Waals surface area contributed by atoms with Crippen LogP contribution in [0.3, 0.4) is 0 Å². The van der Waals surface area contributed by atoms with Gasteiger partial charge in [-0.3, -0.25) is 8.98 Å². The number of hydrogen-bond donors (Lipinski definition) is 3. The molecule has 0 atom stereocenters. The van der Waals surface area contributed by atoms with Gasteiger partial charge in [-0.25, -0.2) is 22.3 Å². The van der Waals surface area contributed by atoms with Gasteiger partial charge in [0.15, 0.2) is 0 Å². The number of aliphatic hydroxyl groups is 2. The first-order chi connectivity index (χ1) is 23.2. The fourth-order valence-electron chi connectivity index (χ4n) is 5.20. The van der Waals surface area contributed by atoms with E-state index in [1.54, 1.807) is 18.7 Å². The summed E-state index contributed by atoms with van der Waals surface area (Å²) in [5.41, 5.74) is -1.79. The zero-order chi connectivity index (χ0) is 40.8. The number of ether oxygens (including phenoxy) is 3. The highest BCUT2D eigenvalue weighted by atomic mass is 35.5. The second-order valence-electron chi connectivity index (χ2n) is 17.7. The minimum Gasteiger partial charge on any atom is -1.00 e. The van der Waals surface area contributed by atoms with Crippen LogP contribution >= 0.6 is 0 Å². The molecule has 0 unspecified atom stereocenters. The SMILES string of the molecule is CC1(CO)CN(C(=O)OC(C)(C)C)C1.CC1(CO)C[NH2+]C1.CC1(COS(C)(=O)=O)CN(S(C)(=O)=O)C1.COC(=O)C1(C)CN(C(=O)OC(C)(C)C)C1.[Cl-]. The molecule has 4 fully saturated rings. The fourth-order valence-corrected chi connectivity index (χ4v) is 6.80. The van der Waals surface area contributed by atoms with Crippen molar-refractivity contribution < 1.29 is 77.5 Å². The Morgan fingerprint density at radius 3 is 1.36 bits per heavy atom. The van der Waals surface area contributed by atoms with Gasteiger partial charge in [0.25, 0.3) is 10.1 Å². The number of amides is 2. The van der Waals surface area contributed by atoms with Crippen LogP contribution in [0.2, 0.25) is 0 Å². The van der Waals surface area contributed by atoms with E-state index in [9.17, 15) is 31.2 Å². The van der Waals surface area contributed by atoms with Crippen LogP contribution in [0.15, 0.2) is 0 Å². The van der Waals surface area contributed by atoms with Gasteiger partial charge in [-0.15, -0.1) is 0 Å². The van der Waals surface area contributed by atoms with Gasteiger partial charge in [0, 0.05) is 50.1 Å². The summed E-state index contributed by atoms with van der Waals surface area (Å²) in [7, 11) is -5.27. The van der Waals surface area contributed by atoms with Crippen LogP contribution in [0.4, 0.5) is 9.59 Å². The Kier molecular flexibility index (Phi) is 18.0. The van der Waals surface area contributed by atoms with Gasteiger partial charge in [0.05, 0.1) is 57.9 Å². The number of halogens is 1. The maximum atomic E-state index is 11.6. The van der Waals surface area contributed by atoms with E-state index in [0.29, 0.717) is 45.9 Å². The van der Waals surface area contributed by atoms with E-state index < -0.39 is 42.2 Å². The lowest BCUT2D eigenvalue weighted by atomic mass is 9.82. The molecule has 4 N–H and O–H groups in total. The predicted octanol–water partition coefficient (Wildman–Crippen LogP) is -2.54. The summed E-state index contributed by atoms with van der Waals surface area (Å²) < 4.78 is 64.6. The van der Waals surface area contributed by atoms with Crippen LogP contribution in [-0.4, -0.2) is 162 Å². The van der Waals surface area contributed by atoms with Crippen LogP contribution in [0.5, 0.6) is 0 Å². The lowest BCUT2D eigenvalue weighted by Gasteiger charge is -2.46. The third-order valence-corrected chi connectivity index (χ3v) is 10.2. The third-order valence-electron chi connectivity index (χ3n) is 8.45. The lowest BCUT2D eigenvalue weighted by molar-refractivity contribution is -0.740. The molecule has 4 heterocycles. The monoisotopic (exact) mass is 824 g/mol. The van der Waals surface area contributed by atoms with Gasteiger partial charge in [-0.05, 0) is 55.4 Å². The van der Waals surface area contributed by atoms with E-state index in [4.69, 9.17) is 19.7 Å². The standard InChI is InChI=1S/C11H19NO4.C10H19NO3.C7H15NO5S2.C5H11NO.ClH/c1-10(2,3)16-9(14)12-6-11(4,7-12)8(13)15-5;1-9(2,3)14-8(13)11-5-10(4,6-11)7-12;1-7(6-13-15(3,11)12)4-8(5-7)14(2,9)10;1-5(4-7)2-6-3-5;/h6-7H2,1-5H3;12H,5-7H2,1-4H3;4-6H2,1-3H3;6-7H,2-4H2,1H3;1H. The molecule has 4 aliphatic heterocycles. The average molecular weight is 825 g/mol. The fraction of sp³-hybridized carbons (Fsp3) is 0.909. The smallest absolute Gasteiger partial charge is 0.410 e. The second-order valence-corrected chi connectivity index (χ2v) is 21.3. The molecule has 53 heavy (non-hydrogen) atoms. The van der Waals surface area contributed by atoms with Crippen LogP contribution in [0.1, 0.15) is 69.2 Å². The van der Waals surface area contributed by atoms with Crippen molar-refractivity contribution in [2.24, 2.45) is 21.7 Å². The number of aliphatic hydroxyl groups excluding tert-OH is 2. The summed E-state index contributed by atoms with van der Waals surface area (Å²) in [6, 6.07) is 0. The van der Waals surface area contributed by atoms with E-state index >= 15 is 0 Å². The molecule has 4 saturated heterocycles. The number of nitrogens with zero attached hydrogens (tertiary/aromatic N) is 3. The third kappa shape index (κ3) is 17.6. The van der Waals surface area contributed by atoms with Gasteiger partial charge < -0.3 is 51.9 Å². The van der Waals surface area contributed by atoms with Gasteiger partial charge >= 0.3 is 18.2 Å². The van der Waals surface area contributed by atoms with Crippen LogP contribution < -0.4 is 17.7 Å². The summed E-state index contributed by atoms with van der Waals surface area (Å²) in [6.45, 7) is 23.8. The molecule has 17 nitrogen and oxygen atoms in total. The maximum Gasteiger partial charge on any atom is 0.410 e. The Morgan fingerprint density at radius 2 is 1.09 bits per heavy atom. The van der Waals surface area contributed by atoms with Crippen molar-refractivity contribution in [2.75, 3.05) is 91.8 Å². The Morgan fingerprint density at radius 1 is 0.698 bits per heavy atom. The molecular weight excluding hydrogens is 760 g/mol. The predicted molar refractivity (Wildman–Crippen MR) is 193 cm³/mol. The van der Waals surface area contributed by atoms with E-state index in [2.05, 4.69) is 21.2 Å². The molecule has 0 aromatic carbocycles. The lowest BCUT2D eigenvalue weighted by Crippen LogP contribution is -3.00. The molecule has 314 valence electrons. The molecule has 0 bridgehead atoms. The number of likely N-dealkylation sites (tertiary alicyclic amines) is 2. The van der Waals surface area contributed by atoms with Crippen molar-refractivity contribution in [2.45, 2.75) is 80.4 Å². The number of carbonyl (C=O) groups is 3. The summed E-state index contributed by atoms with van der Waals surface area (Å²) in [6.07, 6.45) is 1.44. The molecule has 0 saturated carbocycles. The number of methoxy groups -OCH3 is 1.